The molecule has 78 valence electrons. The molecule has 1 heterocycles. The zero-order chi connectivity index (χ0) is 9.95. The van der Waals surface area contributed by atoms with Crippen LogP contribution in [0.1, 0.15) is 46.5 Å². The van der Waals surface area contributed by atoms with Crippen LogP contribution in [0, 0.1) is 5.41 Å². The van der Waals surface area contributed by atoms with E-state index in [2.05, 4.69) is 20.8 Å². The minimum absolute atomic E-state index is 0.0126. The van der Waals surface area contributed by atoms with Crippen molar-refractivity contribution >= 4 is 0 Å². The summed E-state index contributed by atoms with van der Waals surface area (Å²) in [6, 6.07) is 0. The predicted octanol–water partition coefficient (Wildman–Crippen LogP) is 2.32. The van der Waals surface area contributed by atoms with E-state index in [0.717, 1.165) is 19.6 Å². The number of nitrogens with two attached hydrogens (primary N) is 1. The molecule has 0 aromatic carbocycles. The highest BCUT2D eigenvalue weighted by atomic mass is 16.5. The second-order valence-corrected chi connectivity index (χ2v) is 5.41. The van der Waals surface area contributed by atoms with E-state index in [-0.39, 0.29) is 5.54 Å². The first-order chi connectivity index (χ1) is 5.91. The van der Waals surface area contributed by atoms with Crippen LogP contribution in [0.4, 0.5) is 0 Å². The highest BCUT2D eigenvalue weighted by molar-refractivity contribution is 4.82. The van der Waals surface area contributed by atoms with Crippen molar-refractivity contribution in [2.45, 2.75) is 52.0 Å². The SMILES string of the molecule is CC(C)(N)CCC1(C)CCOCC1. The summed E-state index contributed by atoms with van der Waals surface area (Å²) < 4.78 is 5.37. The summed E-state index contributed by atoms with van der Waals surface area (Å²) in [7, 11) is 0. The molecule has 0 spiro atoms. The van der Waals surface area contributed by atoms with Gasteiger partial charge in [-0.05, 0) is 44.9 Å². The third-order valence-corrected chi connectivity index (χ3v) is 3.07. The van der Waals surface area contributed by atoms with Crippen LogP contribution >= 0.6 is 0 Å². The van der Waals surface area contributed by atoms with E-state index in [4.69, 9.17) is 10.5 Å². The van der Waals surface area contributed by atoms with Crippen LogP contribution in [-0.4, -0.2) is 18.8 Å². The van der Waals surface area contributed by atoms with Crippen molar-refractivity contribution in [1.29, 1.82) is 0 Å². The molecular weight excluding hydrogens is 162 g/mol. The predicted molar refractivity (Wildman–Crippen MR) is 55.7 cm³/mol. The largest absolute Gasteiger partial charge is 0.381 e. The lowest BCUT2D eigenvalue weighted by Gasteiger charge is -2.35. The van der Waals surface area contributed by atoms with Gasteiger partial charge >= 0.3 is 0 Å². The molecule has 2 heteroatoms. The summed E-state index contributed by atoms with van der Waals surface area (Å²) >= 11 is 0. The number of hydrogen-bond donors (Lipinski definition) is 1. The first-order valence-corrected chi connectivity index (χ1v) is 5.28. The summed E-state index contributed by atoms with van der Waals surface area (Å²) in [6.45, 7) is 8.44. The minimum Gasteiger partial charge on any atom is -0.381 e. The van der Waals surface area contributed by atoms with Crippen LogP contribution < -0.4 is 5.73 Å². The maximum absolute atomic E-state index is 5.98. The van der Waals surface area contributed by atoms with E-state index in [1.807, 2.05) is 0 Å². The van der Waals surface area contributed by atoms with Gasteiger partial charge in [0.2, 0.25) is 0 Å². The molecule has 0 aromatic heterocycles. The average molecular weight is 185 g/mol. The lowest BCUT2D eigenvalue weighted by Crippen LogP contribution is -2.35. The van der Waals surface area contributed by atoms with Crippen LogP contribution in [0.15, 0.2) is 0 Å². The minimum atomic E-state index is -0.0126. The highest BCUT2D eigenvalue weighted by Crippen LogP contribution is 2.35. The zero-order valence-electron chi connectivity index (χ0n) is 9.23. The highest BCUT2D eigenvalue weighted by Gasteiger charge is 2.28. The molecule has 0 atom stereocenters. The van der Waals surface area contributed by atoms with Crippen LogP contribution in [0.25, 0.3) is 0 Å². The molecule has 0 aliphatic carbocycles. The molecule has 2 nitrogen and oxygen atoms in total. The van der Waals surface area contributed by atoms with Gasteiger partial charge in [0.1, 0.15) is 0 Å². The summed E-state index contributed by atoms with van der Waals surface area (Å²) in [5.41, 5.74) is 6.45. The molecule has 2 N–H and O–H groups in total. The monoisotopic (exact) mass is 185 g/mol. The van der Waals surface area contributed by atoms with Crippen molar-refractivity contribution in [3.8, 4) is 0 Å². The maximum atomic E-state index is 5.98. The van der Waals surface area contributed by atoms with Gasteiger partial charge in [-0.3, -0.25) is 0 Å². The molecular formula is C11H23NO. The fourth-order valence-corrected chi connectivity index (χ4v) is 1.74. The van der Waals surface area contributed by atoms with Gasteiger partial charge in [0, 0.05) is 18.8 Å². The molecule has 1 aliphatic heterocycles. The van der Waals surface area contributed by atoms with Gasteiger partial charge in [0.25, 0.3) is 0 Å². The van der Waals surface area contributed by atoms with Crippen molar-refractivity contribution in [2.24, 2.45) is 11.1 Å². The van der Waals surface area contributed by atoms with Gasteiger partial charge in [0.15, 0.2) is 0 Å². The molecule has 1 rings (SSSR count). The summed E-state index contributed by atoms with van der Waals surface area (Å²) in [4.78, 5) is 0. The number of hydrogen-bond acceptors (Lipinski definition) is 2. The summed E-state index contributed by atoms with van der Waals surface area (Å²) in [6.07, 6.45) is 4.75. The van der Waals surface area contributed by atoms with E-state index in [1.165, 1.54) is 19.3 Å². The van der Waals surface area contributed by atoms with Gasteiger partial charge < -0.3 is 10.5 Å². The third kappa shape index (κ3) is 4.10. The Labute approximate surface area is 81.8 Å². The molecule has 13 heavy (non-hydrogen) atoms. The molecule has 0 bridgehead atoms. The smallest absolute Gasteiger partial charge is 0.0471 e. The van der Waals surface area contributed by atoms with Crippen LogP contribution in [0.5, 0.6) is 0 Å². The summed E-state index contributed by atoms with van der Waals surface area (Å²) in [5, 5.41) is 0. The lowest BCUT2D eigenvalue weighted by atomic mass is 9.76. The maximum Gasteiger partial charge on any atom is 0.0471 e. The van der Waals surface area contributed by atoms with E-state index in [9.17, 15) is 0 Å². The molecule has 1 saturated heterocycles. The van der Waals surface area contributed by atoms with Crippen LogP contribution in [-0.2, 0) is 4.74 Å². The fraction of sp³-hybridized carbons (Fsp3) is 1.00. The Bertz CT molecular complexity index is 154. The van der Waals surface area contributed by atoms with E-state index >= 15 is 0 Å². The fourth-order valence-electron chi connectivity index (χ4n) is 1.74. The van der Waals surface area contributed by atoms with Gasteiger partial charge in [0.05, 0.1) is 0 Å². The average Bonchev–Trinajstić information content (AvgIpc) is 2.02. The first kappa shape index (κ1) is 11.0. The van der Waals surface area contributed by atoms with Crippen molar-refractivity contribution in [3.05, 3.63) is 0 Å². The van der Waals surface area contributed by atoms with Gasteiger partial charge in [-0.25, -0.2) is 0 Å². The third-order valence-electron chi connectivity index (χ3n) is 3.07. The Hall–Kier alpha value is -0.0800. The second kappa shape index (κ2) is 3.97. The molecule has 0 aromatic rings. The van der Waals surface area contributed by atoms with Crippen molar-refractivity contribution in [1.82, 2.24) is 0 Å². The van der Waals surface area contributed by atoms with Crippen molar-refractivity contribution in [3.63, 3.8) is 0 Å². The first-order valence-electron chi connectivity index (χ1n) is 5.28. The Morgan fingerprint density at radius 1 is 1.31 bits per heavy atom. The standard InChI is InChI=1S/C11H23NO/c1-10(2,12)4-5-11(3)6-8-13-9-7-11/h4-9,12H2,1-3H3. The molecule has 1 aliphatic rings. The molecule has 0 radical (unpaired) electrons. The quantitative estimate of drug-likeness (QED) is 0.732. The van der Waals surface area contributed by atoms with E-state index < -0.39 is 0 Å². The normalized spacial score (nSPS) is 23.1. The number of ether oxygens (including phenoxy) is 1. The molecule has 0 amide bonds. The van der Waals surface area contributed by atoms with Gasteiger partial charge in [-0.2, -0.15) is 0 Å². The van der Waals surface area contributed by atoms with E-state index in [1.54, 1.807) is 0 Å². The van der Waals surface area contributed by atoms with Gasteiger partial charge in [-0.15, -0.1) is 0 Å². The van der Waals surface area contributed by atoms with Crippen LogP contribution in [0.2, 0.25) is 0 Å². The molecule has 0 saturated carbocycles. The Morgan fingerprint density at radius 2 is 1.85 bits per heavy atom. The van der Waals surface area contributed by atoms with Crippen molar-refractivity contribution < 1.29 is 4.74 Å². The molecule has 1 fully saturated rings. The Morgan fingerprint density at radius 3 is 2.31 bits per heavy atom. The lowest BCUT2D eigenvalue weighted by molar-refractivity contribution is 0.0166. The second-order valence-electron chi connectivity index (χ2n) is 5.41. The topological polar surface area (TPSA) is 35.2 Å². The van der Waals surface area contributed by atoms with Gasteiger partial charge in [-0.1, -0.05) is 6.92 Å². The Kier molecular flexibility index (Phi) is 3.36. The Balaban J connectivity index is 2.33. The van der Waals surface area contributed by atoms with Crippen molar-refractivity contribution in [2.75, 3.05) is 13.2 Å². The zero-order valence-corrected chi connectivity index (χ0v) is 9.23. The molecule has 0 unspecified atom stereocenters. The van der Waals surface area contributed by atoms with E-state index in [0.29, 0.717) is 5.41 Å². The van der Waals surface area contributed by atoms with Crippen LogP contribution in [0.3, 0.4) is 0 Å². The summed E-state index contributed by atoms with van der Waals surface area (Å²) in [5.74, 6) is 0. The number of rotatable bonds is 3.